The van der Waals surface area contributed by atoms with Crippen molar-refractivity contribution in [1.82, 2.24) is 15.5 Å². The number of rotatable bonds is 5. The molecule has 0 radical (unpaired) electrons. The summed E-state index contributed by atoms with van der Waals surface area (Å²) >= 11 is 0. The van der Waals surface area contributed by atoms with Crippen LogP contribution in [0.25, 0.3) is 11.4 Å². The second-order valence-corrected chi connectivity index (χ2v) is 5.31. The average Bonchev–Trinajstić information content (AvgIpc) is 3.33. The molecular weight excluding hydrogens is 393 g/mol. The van der Waals surface area contributed by atoms with Crippen molar-refractivity contribution in [2.45, 2.75) is 12.7 Å². The van der Waals surface area contributed by atoms with E-state index in [9.17, 15) is 31.5 Å². The first kappa shape index (κ1) is 19.2. The summed E-state index contributed by atoms with van der Waals surface area (Å²) in [5.41, 5.74) is -1.03. The fourth-order valence-corrected chi connectivity index (χ4v) is 2.12. The zero-order chi connectivity index (χ0) is 20.5. The van der Waals surface area contributed by atoms with Crippen molar-refractivity contribution in [2.75, 3.05) is 0 Å². The molecule has 12 heteroatoms. The number of benzene rings is 1. The molecular formula is C16H8F5N3O4. The summed E-state index contributed by atoms with van der Waals surface area (Å²) in [6.45, 7) is -0.561. The number of halogens is 5. The number of nitrogens with one attached hydrogen (secondary N) is 1. The molecule has 0 aliphatic rings. The highest BCUT2D eigenvalue weighted by atomic mass is 19.4. The molecule has 0 saturated heterocycles. The van der Waals surface area contributed by atoms with E-state index in [4.69, 9.17) is 4.42 Å². The summed E-state index contributed by atoms with van der Waals surface area (Å²) in [5.74, 6) is -7.89. The number of furan rings is 1. The van der Waals surface area contributed by atoms with Gasteiger partial charge in [-0.25, -0.2) is 8.78 Å². The maximum atomic E-state index is 14.2. The molecule has 0 fully saturated rings. The van der Waals surface area contributed by atoms with Crippen LogP contribution >= 0.6 is 0 Å². The second kappa shape index (κ2) is 7.21. The van der Waals surface area contributed by atoms with E-state index >= 15 is 0 Å². The lowest BCUT2D eigenvalue weighted by Crippen LogP contribution is -2.30. The van der Waals surface area contributed by atoms with Gasteiger partial charge in [0.2, 0.25) is 5.82 Å². The maximum Gasteiger partial charge on any atom is 0.471 e. The Morgan fingerprint density at radius 2 is 1.86 bits per heavy atom. The molecule has 1 N–H and O–H groups in total. The number of aromatic nitrogens is 2. The van der Waals surface area contributed by atoms with Gasteiger partial charge in [-0.2, -0.15) is 18.2 Å². The SMILES string of the molecule is O=C(NCc1ccc(-c2noc(C(F)(F)F)n2)c(F)c1F)C(=O)c1ccco1. The van der Waals surface area contributed by atoms with Gasteiger partial charge < -0.3 is 14.3 Å². The van der Waals surface area contributed by atoms with Gasteiger partial charge in [-0.05, 0) is 18.2 Å². The number of carbonyl (C=O) groups excluding carboxylic acids is 2. The molecule has 3 rings (SSSR count). The predicted octanol–water partition coefficient (Wildman–Crippen LogP) is 3.13. The molecule has 0 atom stereocenters. The van der Waals surface area contributed by atoms with E-state index in [2.05, 4.69) is 20.0 Å². The van der Waals surface area contributed by atoms with E-state index in [-0.39, 0.29) is 11.3 Å². The smallest absolute Gasteiger partial charge is 0.461 e. The van der Waals surface area contributed by atoms with Crippen LogP contribution in [-0.2, 0) is 17.5 Å². The van der Waals surface area contributed by atoms with Gasteiger partial charge in [0.25, 0.3) is 11.7 Å². The first-order valence-electron chi connectivity index (χ1n) is 7.42. The third kappa shape index (κ3) is 3.75. The summed E-state index contributed by atoms with van der Waals surface area (Å²) in [5, 5.41) is 5.06. The van der Waals surface area contributed by atoms with Crippen LogP contribution in [0.4, 0.5) is 22.0 Å². The third-order valence-corrected chi connectivity index (χ3v) is 3.46. The van der Waals surface area contributed by atoms with E-state index in [1.807, 2.05) is 0 Å². The van der Waals surface area contributed by atoms with Gasteiger partial charge in [-0.3, -0.25) is 9.59 Å². The zero-order valence-electron chi connectivity index (χ0n) is 13.5. The standard InChI is InChI=1S/C16H8F5N3O4/c17-10-7(6-22-14(26)12(25)9-2-1-5-27-9)3-4-8(11(10)18)13-23-15(28-24-13)16(19,20)21/h1-5H,6H2,(H,22,26). The van der Waals surface area contributed by atoms with Crippen molar-refractivity contribution in [1.29, 1.82) is 0 Å². The van der Waals surface area contributed by atoms with Crippen molar-refractivity contribution >= 4 is 11.7 Å². The van der Waals surface area contributed by atoms with Gasteiger partial charge in [0.05, 0.1) is 11.8 Å². The summed E-state index contributed by atoms with van der Waals surface area (Å²) in [7, 11) is 0. The van der Waals surface area contributed by atoms with Gasteiger partial charge in [0, 0.05) is 12.1 Å². The number of ketones is 1. The first-order valence-corrected chi connectivity index (χ1v) is 7.42. The molecule has 0 bridgehead atoms. The molecule has 1 aromatic carbocycles. The molecule has 2 heterocycles. The van der Waals surface area contributed by atoms with Gasteiger partial charge in [-0.15, -0.1) is 0 Å². The third-order valence-electron chi connectivity index (χ3n) is 3.46. The van der Waals surface area contributed by atoms with E-state index in [0.29, 0.717) is 0 Å². The molecule has 3 aromatic rings. The lowest BCUT2D eigenvalue weighted by molar-refractivity contribution is -0.159. The lowest BCUT2D eigenvalue weighted by Gasteiger charge is -2.07. The summed E-state index contributed by atoms with van der Waals surface area (Å²) < 4.78 is 74.5. The lowest BCUT2D eigenvalue weighted by atomic mass is 10.1. The van der Waals surface area contributed by atoms with Crippen LogP contribution in [0.5, 0.6) is 0 Å². The number of hydrogen-bond donors (Lipinski definition) is 1. The molecule has 0 aliphatic heterocycles. The Hall–Kier alpha value is -3.57. The molecule has 28 heavy (non-hydrogen) atoms. The van der Waals surface area contributed by atoms with E-state index < -0.39 is 53.3 Å². The van der Waals surface area contributed by atoms with Crippen LogP contribution in [0, 0.1) is 11.6 Å². The normalized spacial score (nSPS) is 11.5. The zero-order valence-corrected chi connectivity index (χ0v) is 13.5. The Morgan fingerprint density at radius 1 is 1.11 bits per heavy atom. The minimum atomic E-state index is -4.94. The molecule has 2 aromatic heterocycles. The molecule has 7 nitrogen and oxygen atoms in total. The van der Waals surface area contributed by atoms with E-state index in [1.54, 1.807) is 0 Å². The number of nitrogens with zero attached hydrogens (tertiary/aromatic N) is 2. The molecule has 0 spiro atoms. The highest BCUT2D eigenvalue weighted by Gasteiger charge is 2.39. The van der Waals surface area contributed by atoms with Crippen LogP contribution in [0.2, 0.25) is 0 Å². The first-order chi connectivity index (χ1) is 13.2. The van der Waals surface area contributed by atoms with Crippen molar-refractivity contribution < 1.29 is 40.5 Å². The van der Waals surface area contributed by atoms with Crippen molar-refractivity contribution in [3.8, 4) is 11.4 Å². The molecule has 0 unspecified atom stereocenters. The average molecular weight is 401 g/mol. The Morgan fingerprint density at radius 3 is 2.46 bits per heavy atom. The number of alkyl halides is 3. The highest BCUT2D eigenvalue weighted by molar-refractivity contribution is 6.41. The van der Waals surface area contributed by atoms with Crippen LogP contribution in [0.1, 0.15) is 22.0 Å². The highest BCUT2D eigenvalue weighted by Crippen LogP contribution is 2.31. The minimum absolute atomic E-state index is 0.239. The van der Waals surface area contributed by atoms with Gasteiger partial charge in [0.15, 0.2) is 17.4 Å². The van der Waals surface area contributed by atoms with Gasteiger partial charge >= 0.3 is 12.1 Å². The number of Topliss-reactive ketones (excluding diaryl/α,β-unsaturated/α-hetero) is 1. The fourth-order valence-electron chi connectivity index (χ4n) is 2.12. The van der Waals surface area contributed by atoms with Gasteiger partial charge in [0.1, 0.15) is 0 Å². The number of amides is 1. The second-order valence-electron chi connectivity index (χ2n) is 5.31. The Labute approximate surface area is 152 Å². The molecule has 146 valence electrons. The number of hydrogen-bond acceptors (Lipinski definition) is 6. The molecule has 0 aliphatic carbocycles. The summed E-state index contributed by atoms with van der Waals surface area (Å²) in [6, 6.07) is 4.54. The van der Waals surface area contributed by atoms with Crippen molar-refractivity contribution in [3.63, 3.8) is 0 Å². The molecule has 1 amide bonds. The van der Waals surface area contributed by atoms with Gasteiger partial charge in [-0.1, -0.05) is 11.2 Å². The quantitative estimate of drug-likeness (QED) is 0.401. The van der Waals surface area contributed by atoms with Crippen molar-refractivity contribution in [2.24, 2.45) is 0 Å². The van der Waals surface area contributed by atoms with Crippen LogP contribution in [0.15, 0.2) is 39.5 Å². The molecule has 0 saturated carbocycles. The maximum absolute atomic E-state index is 14.2. The summed E-state index contributed by atoms with van der Waals surface area (Å²) in [4.78, 5) is 26.4. The fraction of sp³-hybridized carbons (Fsp3) is 0.125. The Bertz CT molecular complexity index is 1030. The Balaban J connectivity index is 1.76. The van der Waals surface area contributed by atoms with Crippen LogP contribution < -0.4 is 5.32 Å². The summed E-state index contributed by atoms with van der Waals surface area (Å²) in [6.07, 6.45) is -3.76. The Kier molecular flexibility index (Phi) is 4.94. The largest absolute Gasteiger partial charge is 0.471 e. The van der Waals surface area contributed by atoms with E-state index in [0.717, 1.165) is 12.1 Å². The van der Waals surface area contributed by atoms with Crippen LogP contribution in [0.3, 0.4) is 0 Å². The minimum Gasteiger partial charge on any atom is -0.461 e. The van der Waals surface area contributed by atoms with E-state index in [1.165, 1.54) is 18.4 Å². The predicted molar refractivity (Wildman–Crippen MR) is 79.5 cm³/mol. The monoisotopic (exact) mass is 401 g/mol. The van der Waals surface area contributed by atoms with Crippen molar-refractivity contribution in [3.05, 3.63) is 59.4 Å². The van der Waals surface area contributed by atoms with Crippen LogP contribution in [-0.4, -0.2) is 21.8 Å². The number of carbonyl (C=O) groups is 2. The topological polar surface area (TPSA) is 98.2 Å².